The summed E-state index contributed by atoms with van der Waals surface area (Å²) in [5.41, 5.74) is -0.492. The molecule has 2 amide bonds. The summed E-state index contributed by atoms with van der Waals surface area (Å²) in [6, 6.07) is 15.9. The molecular formula is C34H26F6N4O14. The molecule has 4 rings (SSSR count). The molecule has 0 heterocycles. The van der Waals surface area contributed by atoms with Crippen molar-refractivity contribution in [1.82, 2.24) is 10.6 Å². The van der Waals surface area contributed by atoms with Crippen molar-refractivity contribution in [3.05, 3.63) is 127 Å². The Bertz CT molecular complexity index is 2010. The third-order valence-corrected chi connectivity index (χ3v) is 6.71. The van der Waals surface area contributed by atoms with Crippen LogP contribution in [-0.4, -0.2) is 69.8 Å². The van der Waals surface area contributed by atoms with Crippen molar-refractivity contribution >= 4 is 35.1 Å². The Hall–Kier alpha value is -7.66. The monoisotopic (exact) mass is 828 g/mol. The summed E-state index contributed by atoms with van der Waals surface area (Å²) in [7, 11) is 0. The topological polar surface area (TPSA) is 256 Å². The minimum Gasteiger partial charge on any atom is -0.481 e. The number of carboxylic acids is 2. The second-order valence-electron chi connectivity index (χ2n) is 11.0. The van der Waals surface area contributed by atoms with Crippen LogP contribution in [0.5, 0.6) is 23.0 Å². The molecule has 308 valence electrons. The summed E-state index contributed by atoms with van der Waals surface area (Å²) in [5, 5.41) is 43.7. The third kappa shape index (κ3) is 15.2. The first-order valence-corrected chi connectivity index (χ1v) is 15.6. The second kappa shape index (κ2) is 19.8. The maximum Gasteiger partial charge on any atom is 0.573 e. The summed E-state index contributed by atoms with van der Waals surface area (Å²) in [6.07, 6.45) is -10.00. The number of aliphatic carboxylic acids is 2. The van der Waals surface area contributed by atoms with Gasteiger partial charge < -0.3 is 39.8 Å². The number of hydrogen-bond acceptors (Lipinski definition) is 12. The lowest BCUT2D eigenvalue weighted by molar-refractivity contribution is -0.385. The number of nitro benzene ring substituents is 2. The van der Waals surface area contributed by atoms with E-state index in [9.17, 15) is 65.7 Å². The first-order valence-electron chi connectivity index (χ1n) is 15.6. The summed E-state index contributed by atoms with van der Waals surface area (Å²) >= 11 is 0. The maximum atomic E-state index is 12.4. The molecule has 4 aromatic rings. The van der Waals surface area contributed by atoms with E-state index >= 15 is 0 Å². The molecule has 18 nitrogen and oxygen atoms in total. The number of nitrogens with zero attached hydrogens (tertiary/aromatic N) is 2. The van der Waals surface area contributed by atoms with Gasteiger partial charge in [0.1, 0.15) is 23.0 Å². The molecular weight excluding hydrogens is 802 g/mol. The van der Waals surface area contributed by atoms with Gasteiger partial charge in [-0.15, -0.1) is 26.3 Å². The first-order chi connectivity index (χ1) is 27.1. The number of alkyl halides is 6. The number of halogens is 6. The average molecular weight is 829 g/mol. The predicted octanol–water partition coefficient (Wildman–Crippen LogP) is 5.77. The first kappa shape index (κ1) is 44.7. The summed E-state index contributed by atoms with van der Waals surface area (Å²) in [4.78, 5) is 66.4. The van der Waals surface area contributed by atoms with Crippen LogP contribution in [0.4, 0.5) is 37.7 Å². The highest BCUT2D eigenvalue weighted by atomic mass is 19.4. The van der Waals surface area contributed by atoms with Gasteiger partial charge in [-0.25, -0.2) is 9.59 Å². The number of benzene rings is 4. The number of nitro groups is 2. The minimum atomic E-state index is -5.00. The zero-order valence-corrected chi connectivity index (χ0v) is 28.9. The molecule has 0 aliphatic rings. The number of rotatable bonds is 16. The fourth-order valence-electron chi connectivity index (χ4n) is 4.41. The number of carboxylic acid groups (broad SMARTS) is 2. The van der Waals surface area contributed by atoms with E-state index < -0.39 is 82.2 Å². The molecule has 0 saturated heterocycles. The van der Waals surface area contributed by atoms with E-state index in [2.05, 4.69) is 20.1 Å². The number of hydrogen-bond donors (Lipinski definition) is 4. The largest absolute Gasteiger partial charge is 0.573 e. The molecule has 0 aliphatic heterocycles. The van der Waals surface area contributed by atoms with Crippen LogP contribution in [0.25, 0.3) is 0 Å². The highest BCUT2D eigenvalue weighted by Crippen LogP contribution is 2.30. The number of carbonyl (C=O) groups is 4. The van der Waals surface area contributed by atoms with Gasteiger partial charge in [0.05, 0.1) is 21.0 Å². The lowest BCUT2D eigenvalue weighted by Gasteiger charge is -2.14. The van der Waals surface area contributed by atoms with Crippen LogP contribution in [-0.2, 0) is 22.7 Å². The van der Waals surface area contributed by atoms with Crippen LogP contribution >= 0.6 is 0 Å². The molecule has 0 spiro atoms. The molecule has 0 bridgehead atoms. The smallest absolute Gasteiger partial charge is 0.481 e. The lowest BCUT2D eigenvalue weighted by Crippen LogP contribution is -2.24. The molecule has 0 atom stereocenters. The maximum absolute atomic E-state index is 12.4. The fourth-order valence-corrected chi connectivity index (χ4v) is 4.41. The zero-order valence-electron chi connectivity index (χ0n) is 28.9. The van der Waals surface area contributed by atoms with Crippen molar-refractivity contribution in [2.45, 2.75) is 25.8 Å². The summed E-state index contributed by atoms with van der Waals surface area (Å²) in [6.45, 7) is -2.01. The molecule has 0 aliphatic carbocycles. The minimum absolute atomic E-state index is 0.177. The molecule has 0 fully saturated rings. The Balaban J connectivity index is 0.000000310. The zero-order chi connectivity index (χ0) is 43.2. The number of carbonyl (C=O) groups excluding carboxylic acids is 2. The van der Waals surface area contributed by atoms with Gasteiger partial charge in [0, 0.05) is 37.4 Å². The Morgan fingerprint density at radius 3 is 1.26 bits per heavy atom. The van der Waals surface area contributed by atoms with Gasteiger partial charge >= 0.3 is 24.7 Å². The quantitative estimate of drug-likeness (QED) is 0.0594. The van der Waals surface area contributed by atoms with E-state index in [1.807, 2.05) is 0 Å². The predicted molar refractivity (Wildman–Crippen MR) is 181 cm³/mol. The van der Waals surface area contributed by atoms with Gasteiger partial charge in [-0.3, -0.25) is 29.8 Å². The SMILES string of the molecule is O=C(O)COc1ccc(OC(F)(F)F)cc1C(=O)NCc1cccc([N+](=O)[O-])c1.O=C(O)COc1ccc(OC(F)(F)F)cc1C(=O)NCc1cccc([N+](=O)[O-])c1. The van der Waals surface area contributed by atoms with Crippen LogP contribution in [0.1, 0.15) is 31.8 Å². The van der Waals surface area contributed by atoms with E-state index in [-0.39, 0.29) is 36.0 Å². The van der Waals surface area contributed by atoms with E-state index in [1.165, 1.54) is 48.5 Å². The summed E-state index contributed by atoms with van der Waals surface area (Å²) < 4.78 is 91.8. The molecule has 58 heavy (non-hydrogen) atoms. The Morgan fingerprint density at radius 1 is 0.586 bits per heavy atom. The van der Waals surface area contributed by atoms with Crippen LogP contribution in [0.2, 0.25) is 0 Å². The normalized spacial score (nSPS) is 10.9. The highest BCUT2D eigenvalue weighted by molar-refractivity contribution is 5.98. The van der Waals surface area contributed by atoms with Crippen molar-refractivity contribution in [3.63, 3.8) is 0 Å². The van der Waals surface area contributed by atoms with E-state index in [0.717, 1.165) is 36.4 Å². The van der Waals surface area contributed by atoms with Gasteiger partial charge in [0.2, 0.25) is 0 Å². The Morgan fingerprint density at radius 2 is 0.948 bits per heavy atom. The highest BCUT2D eigenvalue weighted by Gasteiger charge is 2.33. The van der Waals surface area contributed by atoms with Crippen LogP contribution in [0.15, 0.2) is 84.9 Å². The van der Waals surface area contributed by atoms with Crippen molar-refractivity contribution in [2.24, 2.45) is 0 Å². The fraction of sp³-hybridized carbons (Fsp3) is 0.176. The van der Waals surface area contributed by atoms with Gasteiger partial charge in [-0.05, 0) is 47.5 Å². The molecule has 0 saturated carbocycles. The van der Waals surface area contributed by atoms with Crippen molar-refractivity contribution in [2.75, 3.05) is 13.2 Å². The van der Waals surface area contributed by atoms with E-state index in [1.54, 1.807) is 0 Å². The number of nitrogens with one attached hydrogen (secondary N) is 2. The van der Waals surface area contributed by atoms with E-state index in [0.29, 0.717) is 11.1 Å². The second-order valence-corrected chi connectivity index (χ2v) is 11.0. The molecule has 0 unspecified atom stereocenters. The molecule has 0 aromatic heterocycles. The van der Waals surface area contributed by atoms with Gasteiger partial charge in [0.15, 0.2) is 13.2 Å². The number of ether oxygens (including phenoxy) is 4. The van der Waals surface area contributed by atoms with Gasteiger partial charge in [0.25, 0.3) is 23.2 Å². The number of amides is 2. The standard InChI is InChI=1S/2C17H13F3N2O7/c2*18-17(19,20)29-12-4-5-14(28-9-15(23)24)13(7-12)16(25)21-8-10-2-1-3-11(6-10)22(26)27/h2*1-7H,8-9H2,(H,21,25)(H,23,24). The summed E-state index contributed by atoms with van der Waals surface area (Å²) in [5.74, 6) is -6.49. The van der Waals surface area contributed by atoms with Gasteiger partial charge in [-0.1, -0.05) is 24.3 Å². The Labute approximate surface area is 319 Å². The molecule has 0 radical (unpaired) electrons. The van der Waals surface area contributed by atoms with Crippen molar-refractivity contribution in [3.8, 4) is 23.0 Å². The van der Waals surface area contributed by atoms with Gasteiger partial charge in [-0.2, -0.15) is 0 Å². The van der Waals surface area contributed by atoms with Crippen molar-refractivity contribution in [1.29, 1.82) is 0 Å². The molecule has 24 heteroatoms. The Kier molecular flexibility index (Phi) is 15.3. The average Bonchev–Trinajstić information content (AvgIpc) is 3.14. The van der Waals surface area contributed by atoms with E-state index in [4.69, 9.17) is 19.7 Å². The van der Waals surface area contributed by atoms with Crippen LogP contribution in [0, 0.1) is 20.2 Å². The molecule has 4 N–H and O–H groups in total. The van der Waals surface area contributed by atoms with Crippen LogP contribution in [0.3, 0.4) is 0 Å². The van der Waals surface area contributed by atoms with Crippen molar-refractivity contribution < 1.29 is 84.5 Å². The molecule has 4 aromatic carbocycles. The van der Waals surface area contributed by atoms with Crippen LogP contribution < -0.4 is 29.6 Å². The number of non-ortho nitro benzene ring substituents is 2. The lowest BCUT2D eigenvalue weighted by atomic mass is 10.1. The third-order valence-electron chi connectivity index (χ3n) is 6.71.